The Labute approximate surface area is 199 Å². The molecule has 0 aromatic heterocycles. The van der Waals surface area contributed by atoms with Gasteiger partial charge in [-0.05, 0) is 29.8 Å². The Balaban J connectivity index is 1.49. The number of aliphatic hydroxyl groups excluding tert-OH is 2. The maximum absolute atomic E-state index is 12.7. The first-order valence-electron chi connectivity index (χ1n) is 10.7. The van der Waals surface area contributed by atoms with Crippen LogP contribution < -0.4 is 18.9 Å². The van der Waals surface area contributed by atoms with Gasteiger partial charge in [-0.1, -0.05) is 12.1 Å². The summed E-state index contributed by atoms with van der Waals surface area (Å²) in [6, 6.07) is 11.5. The van der Waals surface area contributed by atoms with Crippen LogP contribution in [0.5, 0.6) is 40.2 Å². The molecule has 5 N–H and O–H groups in total. The Bertz CT molecular complexity index is 1300. The van der Waals surface area contributed by atoms with E-state index in [-0.39, 0.29) is 40.9 Å². The molecule has 4 atom stereocenters. The Morgan fingerprint density at radius 3 is 2.29 bits per heavy atom. The first-order valence-corrected chi connectivity index (χ1v) is 10.7. The van der Waals surface area contributed by atoms with Crippen molar-refractivity contribution in [2.45, 2.75) is 24.4 Å². The summed E-state index contributed by atoms with van der Waals surface area (Å²) < 4.78 is 23.0. The minimum atomic E-state index is -1.62. The third kappa shape index (κ3) is 3.82. The van der Waals surface area contributed by atoms with Crippen LogP contribution in [0.3, 0.4) is 0 Å². The standard InChI is InChI=1S/C25H22O10/c1-32-17-6-11(2-4-14(17)28)24-20(10-26)33-16-5-3-12(7-18(16)34-24)25-23(31)22(30)21-15(29)8-13(27)9-19(21)35-25/h2-9,20,23-29,31H,10H2,1H3/t20-,23-,24+,25+/m0/s1. The van der Waals surface area contributed by atoms with E-state index in [4.69, 9.17) is 18.9 Å². The number of hydrogen-bond acceptors (Lipinski definition) is 10. The smallest absolute Gasteiger partial charge is 0.202 e. The van der Waals surface area contributed by atoms with Crippen molar-refractivity contribution in [1.29, 1.82) is 0 Å². The zero-order valence-corrected chi connectivity index (χ0v) is 18.4. The molecule has 0 spiro atoms. The minimum absolute atomic E-state index is 0.0540. The van der Waals surface area contributed by atoms with Gasteiger partial charge in [-0.15, -0.1) is 0 Å². The van der Waals surface area contributed by atoms with Crippen LogP contribution >= 0.6 is 0 Å². The van der Waals surface area contributed by atoms with E-state index in [2.05, 4.69) is 0 Å². The first kappa shape index (κ1) is 22.6. The number of Topliss-reactive ketones (excluding diaryl/α,β-unsaturated/α-hetero) is 1. The van der Waals surface area contributed by atoms with Gasteiger partial charge < -0.3 is 44.5 Å². The number of carbonyl (C=O) groups excluding carboxylic acids is 1. The second-order valence-corrected chi connectivity index (χ2v) is 8.20. The van der Waals surface area contributed by atoms with Crippen molar-refractivity contribution < 1.29 is 49.3 Å². The molecule has 10 nitrogen and oxygen atoms in total. The van der Waals surface area contributed by atoms with Crippen molar-refractivity contribution in [1.82, 2.24) is 0 Å². The average molecular weight is 482 g/mol. The highest BCUT2D eigenvalue weighted by atomic mass is 16.6. The summed E-state index contributed by atoms with van der Waals surface area (Å²) >= 11 is 0. The molecule has 0 saturated carbocycles. The predicted molar refractivity (Wildman–Crippen MR) is 119 cm³/mol. The normalized spacial score (nSPS) is 22.8. The summed E-state index contributed by atoms with van der Waals surface area (Å²) in [5.74, 6) is -0.823. The molecule has 2 heterocycles. The van der Waals surface area contributed by atoms with Gasteiger partial charge in [-0.2, -0.15) is 0 Å². The Kier molecular flexibility index (Phi) is 5.54. The lowest BCUT2D eigenvalue weighted by atomic mass is 9.92. The molecule has 0 fully saturated rings. The summed E-state index contributed by atoms with van der Waals surface area (Å²) in [6.07, 6.45) is -4.28. The number of rotatable bonds is 4. The monoisotopic (exact) mass is 482 g/mol. The zero-order valence-electron chi connectivity index (χ0n) is 18.4. The summed E-state index contributed by atoms with van der Waals surface area (Å²) in [5, 5.41) is 50.2. The van der Waals surface area contributed by atoms with Crippen molar-refractivity contribution in [3.8, 4) is 40.2 Å². The van der Waals surface area contributed by atoms with Gasteiger partial charge in [0.2, 0.25) is 5.78 Å². The SMILES string of the molecule is COc1cc([C@H]2Oc3cc([C@H]4Oc5cc(O)cc(O)c5C(=O)[C@@H]4O)ccc3O[C@H]2CO)ccc1O. The van der Waals surface area contributed by atoms with Gasteiger partial charge in [-0.3, -0.25) is 4.79 Å². The van der Waals surface area contributed by atoms with Gasteiger partial charge in [0.25, 0.3) is 0 Å². The van der Waals surface area contributed by atoms with Crippen LogP contribution in [0.2, 0.25) is 0 Å². The maximum atomic E-state index is 12.7. The van der Waals surface area contributed by atoms with Crippen molar-refractivity contribution in [2.75, 3.05) is 13.7 Å². The molecule has 2 aliphatic rings. The fourth-order valence-corrected chi connectivity index (χ4v) is 4.28. The average Bonchev–Trinajstić information content (AvgIpc) is 2.85. The van der Waals surface area contributed by atoms with Crippen LogP contribution in [-0.2, 0) is 0 Å². The van der Waals surface area contributed by atoms with E-state index in [9.17, 15) is 30.3 Å². The second kappa shape index (κ2) is 8.57. The molecule has 3 aromatic rings. The number of phenolic OH excluding ortho intramolecular Hbond substituents is 3. The number of aliphatic hydroxyl groups is 2. The Morgan fingerprint density at radius 2 is 1.54 bits per heavy atom. The number of ketones is 1. The highest BCUT2D eigenvalue weighted by Crippen LogP contribution is 2.45. The van der Waals surface area contributed by atoms with Crippen molar-refractivity contribution in [3.63, 3.8) is 0 Å². The van der Waals surface area contributed by atoms with Gasteiger partial charge in [0, 0.05) is 17.7 Å². The largest absolute Gasteiger partial charge is 0.508 e. The number of hydrogen-bond donors (Lipinski definition) is 5. The van der Waals surface area contributed by atoms with Crippen molar-refractivity contribution >= 4 is 5.78 Å². The molecule has 0 amide bonds. The number of aromatic hydroxyl groups is 3. The summed E-state index contributed by atoms with van der Waals surface area (Å²) in [7, 11) is 1.41. The molecule has 182 valence electrons. The molecular weight excluding hydrogens is 460 g/mol. The summed E-state index contributed by atoms with van der Waals surface area (Å²) in [6.45, 7) is -0.349. The molecular formula is C25H22O10. The third-order valence-corrected chi connectivity index (χ3v) is 6.00. The number of benzene rings is 3. The molecule has 0 radical (unpaired) electrons. The first-order chi connectivity index (χ1) is 16.8. The number of methoxy groups -OCH3 is 1. The molecule has 5 rings (SSSR count). The van der Waals surface area contributed by atoms with Crippen LogP contribution in [0.15, 0.2) is 48.5 Å². The molecule has 0 bridgehead atoms. The zero-order chi connectivity index (χ0) is 24.9. The fraction of sp³-hybridized carbons (Fsp3) is 0.240. The Morgan fingerprint density at radius 1 is 0.829 bits per heavy atom. The van der Waals surface area contributed by atoms with Crippen LogP contribution in [0.4, 0.5) is 0 Å². The molecule has 3 aromatic carbocycles. The maximum Gasteiger partial charge on any atom is 0.202 e. The van der Waals surface area contributed by atoms with E-state index >= 15 is 0 Å². The van der Waals surface area contributed by atoms with Crippen LogP contribution in [-0.4, -0.2) is 57.2 Å². The van der Waals surface area contributed by atoms with Gasteiger partial charge in [0.15, 0.2) is 47.4 Å². The lowest BCUT2D eigenvalue weighted by Crippen LogP contribution is -2.37. The fourth-order valence-electron chi connectivity index (χ4n) is 4.28. The van der Waals surface area contributed by atoms with Gasteiger partial charge in [-0.25, -0.2) is 0 Å². The topological polar surface area (TPSA) is 155 Å². The van der Waals surface area contributed by atoms with Gasteiger partial charge >= 0.3 is 0 Å². The van der Waals surface area contributed by atoms with E-state index in [1.54, 1.807) is 30.3 Å². The number of carbonyl (C=O) groups is 1. The van der Waals surface area contributed by atoms with Crippen LogP contribution in [0.1, 0.15) is 33.7 Å². The molecule has 0 saturated heterocycles. The van der Waals surface area contributed by atoms with Crippen LogP contribution in [0.25, 0.3) is 0 Å². The molecule has 2 aliphatic heterocycles. The quantitative estimate of drug-likeness (QED) is 0.374. The number of fused-ring (bicyclic) bond motifs is 2. The van der Waals surface area contributed by atoms with E-state index < -0.39 is 35.9 Å². The lowest BCUT2D eigenvalue weighted by Gasteiger charge is -2.35. The second-order valence-electron chi connectivity index (χ2n) is 8.20. The van der Waals surface area contributed by atoms with Crippen molar-refractivity contribution in [3.05, 3.63) is 65.2 Å². The third-order valence-electron chi connectivity index (χ3n) is 6.00. The van der Waals surface area contributed by atoms with E-state index in [0.29, 0.717) is 16.9 Å². The van der Waals surface area contributed by atoms with Crippen LogP contribution in [0, 0.1) is 0 Å². The number of phenols is 3. The van der Waals surface area contributed by atoms with Gasteiger partial charge in [0.1, 0.15) is 22.8 Å². The van der Waals surface area contributed by atoms with E-state index in [1.807, 2.05) is 0 Å². The summed E-state index contributed by atoms with van der Waals surface area (Å²) in [4.78, 5) is 12.7. The minimum Gasteiger partial charge on any atom is -0.508 e. The predicted octanol–water partition coefficient (Wildman–Crippen LogP) is 2.36. The van der Waals surface area contributed by atoms with Crippen molar-refractivity contribution in [2.24, 2.45) is 0 Å². The summed E-state index contributed by atoms with van der Waals surface area (Å²) in [5.41, 5.74) is 0.751. The van der Waals surface area contributed by atoms with E-state index in [0.717, 1.165) is 6.07 Å². The molecule has 0 unspecified atom stereocenters. The Hall–Kier alpha value is -4.15. The van der Waals surface area contributed by atoms with E-state index in [1.165, 1.54) is 19.2 Å². The highest BCUT2D eigenvalue weighted by Gasteiger charge is 2.40. The molecule has 10 heteroatoms. The lowest BCUT2D eigenvalue weighted by molar-refractivity contribution is -0.0130. The molecule has 35 heavy (non-hydrogen) atoms. The number of ether oxygens (including phenoxy) is 4. The molecule has 0 aliphatic carbocycles. The highest BCUT2D eigenvalue weighted by molar-refractivity contribution is 6.05. The van der Waals surface area contributed by atoms with Gasteiger partial charge in [0.05, 0.1) is 13.7 Å².